The second-order valence-electron chi connectivity index (χ2n) is 6.20. The van der Waals surface area contributed by atoms with Crippen LogP contribution < -0.4 is 16.0 Å². The summed E-state index contributed by atoms with van der Waals surface area (Å²) in [6.45, 7) is 3.10. The molecule has 0 saturated heterocycles. The number of hydrazine groups is 1. The molecule has 1 aliphatic heterocycles. The van der Waals surface area contributed by atoms with E-state index in [2.05, 4.69) is 12.3 Å². The highest BCUT2D eigenvalue weighted by molar-refractivity contribution is 6.30. The number of hydrogen-bond donors (Lipinski definition) is 2. The van der Waals surface area contributed by atoms with E-state index in [1.807, 2.05) is 12.1 Å². The first-order valence-corrected chi connectivity index (χ1v) is 7.97. The van der Waals surface area contributed by atoms with Gasteiger partial charge in [0.25, 0.3) is 0 Å². The van der Waals surface area contributed by atoms with Crippen LogP contribution >= 0.6 is 11.6 Å². The SMILES string of the molecule is CC1CCCC1C(Cc1cc(Cl)cc2c1OCC2)NN. The normalized spacial score (nSPS) is 26.4. The lowest BCUT2D eigenvalue weighted by atomic mass is 9.86. The Hall–Kier alpha value is -0.770. The van der Waals surface area contributed by atoms with E-state index in [0.717, 1.165) is 36.1 Å². The largest absolute Gasteiger partial charge is 0.493 e. The molecule has 0 radical (unpaired) electrons. The summed E-state index contributed by atoms with van der Waals surface area (Å²) in [5.41, 5.74) is 5.47. The van der Waals surface area contributed by atoms with Crippen molar-refractivity contribution in [3.05, 3.63) is 28.3 Å². The van der Waals surface area contributed by atoms with Crippen LogP contribution in [0.25, 0.3) is 0 Å². The summed E-state index contributed by atoms with van der Waals surface area (Å²) in [4.78, 5) is 0. The first-order chi connectivity index (χ1) is 9.69. The molecule has 3 atom stereocenters. The molecule has 110 valence electrons. The number of hydrogen-bond acceptors (Lipinski definition) is 3. The van der Waals surface area contributed by atoms with Gasteiger partial charge in [0.15, 0.2) is 0 Å². The minimum absolute atomic E-state index is 0.305. The molecule has 1 saturated carbocycles. The third-order valence-corrected chi connectivity index (χ3v) is 5.14. The van der Waals surface area contributed by atoms with E-state index in [9.17, 15) is 0 Å². The Labute approximate surface area is 125 Å². The molecule has 0 aromatic heterocycles. The lowest BCUT2D eigenvalue weighted by molar-refractivity contribution is 0.293. The second kappa shape index (κ2) is 5.92. The zero-order valence-corrected chi connectivity index (χ0v) is 12.7. The maximum atomic E-state index is 6.24. The topological polar surface area (TPSA) is 47.3 Å². The molecule has 0 amide bonds. The molecule has 1 fully saturated rings. The molecule has 2 aliphatic rings. The van der Waals surface area contributed by atoms with Crippen molar-refractivity contribution in [3.8, 4) is 5.75 Å². The third kappa shape index (κ3) is 2.67. The van der Waals surface area contributed by atoms with E-state index in [-0.39, 0.29) is 0 Å². The van der Waals surface area contributed by atoms with Gasteiger partial charge < -0.3 is 4.74 Å². The van der Waals surface area contributed by atoms with Gasteiger partial charge in [-0.25, -0.2) is 0 Å². The van der Waals surface area contributed by atoms with Crippen molar-refractivity contribution >= 4 is 11.6 Å². The monoisotopic (exact) mass is 294 g/mol. The van der Waals surface area contributed by atoms with Crippen LogP contribution in [0.15, 0.2) is 12.1 Å². The summed E-state index contributed by atoms with van der Waals surface area (Å²) in [5, 5.41) is 0.805. The number of fused-ring (bicyclic) bond motifs is 1. The summed E-state index contributed by atoms with van der Waals surface area (Å²) in [5.74, 6) is 8.25. The van der Waals surface area contributed by atoms with Crippen molar-refractivity contribution in [1.29, 1.82) is 0 Å². The Balaban J connectivity index is 1.82. The van der Waals surface area contributed by atoms with Crippen LogP contribution in [0.5, 0.6) is 5.75 Å². The first-order valence-electron chi connectivity index (χ1n) is 7.59. The van der Waals surface area contributed by atoms with Gasteiger partial charge in [-0.05, 0) is 47.9 Å². The fourth-order valence-corrected chi connectivity index (χ4v) is 4.10. The third-order valence-electron chi connectivity index (χ3n) is 4.92. The molecule has 1 aromatic carbocycles. The Morgan fingerprint density at radius 2 is 2.30 bits per heavy atom. The molecule has 3 N–H and O–H groups in total. The molecule has 3 rings (SSSR count). The standard InChI is InChI=1S/C16H23ClN2O/c1-10-3-2-4-14(10)15(19-18)9-12-8-13(17)7-11-5-6-20-16(11)12/h7-8,10,14-15,19H,2-6,9,18H2,1H3. The highest BCUT2D eigenvalue weighted by atomic mass is 35.5. The quantitative estimate of drug-likeness (QED) is 0.663. The van der Waals surface area contributed by atoms with Gasteiger partial charge in [0, 0.05) is 17.5 Å². The minimum Gasteiger partial charge on any atom is -0.493 e. The second-order valence-corrected chi connectivity index (χ2v) is 6.64. The van der Waals surface area contributed by atoms with E-state index in [0.29, 0.717) is 12.0 Å². The Kier molecular flexibility index (Phi) is 4.20. The molecule has 3 nitrogen and oxygen atoms in total. The minimum atomic E-state index is 0.305. The van der Waals surface area contributed by atoms with Gasteiger partial charge in [-0.3, -0.25) is 11.3 Å². The average molecular weight is 295 g/mol. The summed E-state index contributed by atoms with van der Waals surface area (Å²) in [7, 11) is 0. The molecule has 0 bridgehead atoms. The van der Waals surface area contributed by atoms with Gasteiger partial charge in [0.2, 0.25) is 0 Å². The molecular formula is C16H23ClN2O. The lowest BCUT2D eigenvalue weighted by Crippen LogP contribution is -2.43. The van der Waals surface area contributed by atoms with Crippen molar-refractivity contribution < 1.29 is 4.74 Å². The van der Waals surface area contributed by atoms with E-state index in [4.69, 9.17) is 22.2 Å². The summed E-state index contributed by atoms with van der Waals surface area (Å²) < 4.78 is 5.79. The van der Waals surface area contributed by atoms with Gasteiger partial charge in [-0.15, -0.1) is 0 Å². The number of nitrogens with two attached hydrogens (primary N) is 1. The van der Waals surface area contributed by atoms with Crippen LogP contribution in [0.4, 0.5) is 0 Å². The predicted octanol–water partition coefficient (Wildman–Crippen LogP) is 3.09. The van der Waals surface area contributed by atoms with E-state index in [1.165, 1.54) is 30.4 Å². The zero-order valence-electron chi connectivity index (χ0n) is 12.0. The number of rotatable bonds is 4. The maximum absolute atomic E-state index is 6.24. The lowest BCUT2D eigenvalue weighted by Gasteiger charge is -2.27. The Morgan fingerprint density at radius 1 is 1.45 bits per heavy atom. The fourth-order valence-electron chi connectivity index (χ4n) is 3.84. The van der Waals surface area contributed by atoms with Gasteiger partial charge in [-0.2, -0.15) is 0 Å². The molecule has 1 aliphatic carbocycles. The predicted molar refractivity (Wildman–Crippen MR) is 82.0 cm³/mol. The molecular weight excluding hydrogens is 272 g/mol. The molecule has 4 heteroatoms. The summed E-state index contributed by atoms with van der Waals surface area (Å²) in [6.07, 6.45) is 5.75. The van der Waals surface area contributed by atoms with E-state index in [1.54, 1.807) is 0 Å². The van der Waals surface area contributed by atoms with Gasteiger partial charge in [-0.1, -0.05) is 31.4 Å². The number of nitrogens with one attached hydrogen (secondary N) is 1. The number of ether oxygens (including phenoxy) is 1. The zero-order chi connectivity index (χ0) is 14.1. The van der Waals surface area contributed by atoms with Crippen LogP contribution in [0.2, 0.25) is 5.02 Å². The van der Waals surface area contributed by atoms with E-state index >= 15 is 0 Å². The van der Waals surface area contributed by atoms with Crippen LogP contribution in [-0.2, 0) is 12.8 Å². The number of halogens is 1. The highest BCUT2D eigenvalue weighted by Gasteiger charge is 2.31. The van der Waals surface area contributed by atoms with Crippen LogP contribution in [0, 0.1) is 11.8 Å². The smallest absolute Gasteiger partial charge is 0.125 e. The average Bonchev–Trinajstić information content (AvgIpc) is 3.04. The highest BCUT2D eigenvalue weighted by Crippen LogP contribution is 2.38. The molecule has 0 spiro atoms. The van der Waals surface area contributed by atoms with Crippen molar-refractivity contribution in [1.82, 2.24) is 5.43 Å². The summed E-state index contributed by atoms with van der Waals surface area (Å²) >= 11 is 6.24. The Morgan fingerprint density at radius 3 is 3.00 bits per heavy atom. The van der Waals surface area contributed by atoms with Crippen molar-refractivity contribution in [2.24, 2.45) is 17.7 Å². The van der Waals surface area contributed by atoms with Crippen LogP contribution in [0.1, 0.15) is 37.3 Å². The first kappa shape index (κ1) is 14.2. The van der Waals surface area contributed by atoms with Gasteiger partial charge in [0.05, 0.1) is 6.61 Å². The van der Waals surface area contributed by atoms with Gasteiger partial charge in [0.1, 0.15) is 5.75 Å². The van der Waals surface area contributed by atoms with Crippen LogP contribution in [0.3, 0.4) is 0 Å². The number of benzene rings is 1. The summed E-state index contributed by atoms with van der Waals surface area (Å²) in [6, 6.07) is 4.37. The molecule has 3 unspecified atom stereocenters. The van der Waals surface area contributed by atoms with Crippen molar-refractivity contribution in [2.45, 2.75) is 45.1 Å². The fraction of sp³-hybridized carbons (Fsp3) is 0.625. The molecule has 1 aromatic rings. The van der Waals surface area contributed by atoms with Crippen LogP contribution in [-0.4, -0.2) is 12.6 Å². The van der Waals surface area contributed by atoms with E-state index < -0.39 is 0 Å². The Bertz CT molecular complexity index is 492. The maximum Gasteiger partial charge on any atom is 0.125 e. The van der Waals surface area contributed by atoms with Crippen molar-refractivity contribution in [3.63, 3.8) is 0 Å². The van der Waals surface area contributed by atoms with Crippen molar-refractivity contribution in [2.75, 3.05) is 6.61 Å². The molecule has 20 heavy (non-hydrogen) atoms. The van der Waals surface area contributed by atoms with Gasteiger partial charge >= 0.3 is 0 Å². The molecule has 1 heterocycles.